The van der Waals surface area contributed by atoms with Crippen LogP contribution in [0.2, 0.25) is 0 Å². The van der Waals surface area contributed by atoms with Crippen molar-refractivity contribution in [3.05, 3.63) is 17.8 Å². The number of aromatic nitrogens is 1. The van der Waals surface area contributed by atoms with E-state index in [1.54, 1.807) is 6.20 Å². The van der Waals surface area contributed by atoms with Crippen LogP contribution in [-0.4, -0.2) is 29.4 Å². The van der Waals surface area contributed by atoms with Gasteiger partial charge >= 0.3 is 7.12 Å². The summed E-state index contributed by atoms with van der Waals surface area (Å²) in [6.07, 6.45) is 2.91. The van der Waals surface area contributed by atoms with Crippen LogP contribution in [0.1, 0.15) is 53.5 Å². The van der Waals surface area contributed by atoms with Crippen LogP contribution in [-0.2, 0) is 9.31 Å². The summed E-state index contributed by atoms with van der Waals surface area (Å²) in [6.45, 7) is 14.3. The molecule has 2 rings (SSSR count). The molecule has 0 aliphatic carbocycles. The van der Waals surface area contributed by atoms with Crippen LogP contribution in [0.25, 0.3) is 0 Å². The molecule has 1 aromatic rings. The second kappa shape index (κ2) is 5.62. The summed E-state index contributed by atoms with van der Waals surface area (Å²) in [6, 6.07) is 2.03. The lowest BCUT2D eigenvalue weighted by atomic mass is 9.80. The third kappa shape index (κ3) is 3.24. The number of ether oxygens (including phenoxy) is 1. The largest absolute Gasteiger partial charge is 0.496 e. The Hall–Kier alpha value is -1.07. The van der Waals surface area contributed by atoms with Crippen molar-refractivity contribution in [3.8, 4) is 5.88 Å². The maximum atomic E-state index is 6.04. The predicted molar refractivity (Wildman–Crippen MR) is 85.1 cm³/mol. The van der Waals surface area contributed by atoms with Crippen molar-refractivity contribution in [2.75, 3.05) is 0 Å². The van der Waals surface area contributed by atoms with Crippen LogP contribution in [0.4, 0.5) is 0 Å². The minimum atomic E-state index is -0.376. The lowest BCUT2D eigenvalue weighted by molar-refractivity contribution is 0.00578. The van der Waals surface area contributed by atoms with Crippen LogP contribution in [0.3, 0.4) is 0 Å². The minimum absolute atomic E-state index is 0.166. The molecule has 1 aromatic heterocycles. The molecule has 1 fully saturated rings. The van der Waals surface area contributed by atoms with Crippen molar-refractivity contribution >= 4 is 12.6 Å². The standard InChI is InChI=1S/C16H26BNO3/c1-8-12(3)19-14-11(2)9-13(10-18-14)17-20-15(4,5)16(6,7)21-17/h9-10,12H,8H2,1-7H3. The molecule has 5 heteroatoms. The maximum absolute atomic E-state index is 6.04. The van der Waals surface area contributed by atoms with E-state index in [2.05, 4.69) is 11.9 Å². The zero-order valence-corrected chi connectivity index (χ0v) is 14.2. The molecule has 0 aromatic carbocycles. The van der Waals surface area contributed by atoms with Gasteiger partial charge in [-0.1, -0.05) is 13.0 Å². The average Bonchev–Trinajstić information content (AvgIpc) is 2.60. The van der Waals surface area contributed by atoms with Gasteiger partial charge in [-0.15, -0.1) is 0 Å². The number of hydrogen-bond acceptors (Lipinski definition) is 4. The fourth-order valence-corrected chi connectivity index (χ4v) is 2.09. The summed E-state index contributed by atoms with van der Waals surface area (Å²) >= 11 is 0. The van der Waals surface area contributed by atoms with Crippen molar-refractivity contribution in [3.63, 3.8) is 0 Å². The molecule has 4 nitrogen and oxygen atoms in total. The van der Waals surface area contributed by atoms with Crippen LogP contribution in [0.5, 0.6) is 5.88 Å². The van der Waals surface area contributed by atoms with E-state index < -0.39 is 0 Å². The van der Waals surface area contributed by atoms with Gasteiger partial charge in [0, 0.05) is 17.2 Å². The predicted octanol–water partition coefficient (Wildman–Crippen LogP) is 2.87. The van der Waals surface area contributed by atoms with Crippen LogP contribution >= 0.6 is 0 Å². The summed E-state index contributed by atoms with van der Waals surface area (Å²) in [7, 11) is -0.376. The van der Waals surface area contributed by atoms with Crippen molar-refractivity contribution in [1.82, 2.24) is 4.98 Å². The van der Waals surface area contributed by atoms with Gasteiger partial charge in [-0.05, 0) is 48.0 Å². The Labute approximate surface area is 128 Å². The fraction of sp³-hybridized carbons (Fsp3) is 0.688. The molecule has 1 saturated heterocycles. The van der Waals surface area contributed by atoms with Crippen molar-refractivity contribution in [2.24, 2.45) is 0 Å². The van der Waals surface area contributed by atoms with E-state index in [-0.39, 0.29) is 24.4 Å². The lowest BCUT2D eigenvalue weighted by Crippen LogP contribution is -2.41. The summed E-state index contributed by atoms with van der Waals surface area (Å²) in [5.74, 6) is 0.685. The normalized spacial score (nSPS) is 21.4. The maximum Gasteiger partial charge on any atom is 0.496 e. The molecule has 116 valence electrons. The highest BCUT2D eigenvalue weighted by Crippen LogP contribution is 2.36. The third-order valence-electron chi connectivity index (χ3n) is 4.46. The molecule has 0 N–H and O–H groups in total. The van der Waals surface area contributed by atoms with Gasteiger partial charge < -0.3 is 14.0 Å². The first-order chi connectivity index (χ1) is 9.66. The van der Waals surface area contributed by atoms with Gasteiger partial charge in [0.05, 0.1) is 17.3 Å². The van der Waals surface area contributed by atoms with Gasteiger partial charge in [0.25, 0.3) is 0 Å². The van der Waals surface area contributed by atoms with Gasteiger partial charge in [0.15, 0.2) is 0 Å². The van der Waals surface area contributed by atoms with E-state index in [1.807, 2.05) is 47.6 Å². The Morgan fingerprint density at radius 3 is 2.29 bits per heavy atom. The quantitative estimate of drug-likeness (QED) is 0.800. The highest BCUT2D eigenvalue weighted by molar-refractivity contribution is 6.62. The Balaban J connectivity index is 2.18. The van der Waals surface area contributed by atoms with E-state index in [0.717, 1.165) is 17.4 Å². The molecule has 21 heavy (non-hydrogen) atoms. The summed E-state index contributed by atoms with van der Waals surface area (Å²) in [4.78, 5) is 4.42. The smallest absolute Gasteiger partial charge is 0.474 e. The van der Waals surface area contributed by atoms with E-state index in [9.17, 15) is 0 Å². The molecule has 2 heterocycles. The first-order valence-electron chi connectivity index (χ1n) is 7.65. The summed E-state index contributed by atoms with van der Waals surface area (Å²) < 4.78 is 17.9. The second-order valence-corrected chi connectivity index (χ2v) is 6.82. The molecule has 0 saturated carbocycles. The number of aryl methyl sites for hydroxylation is 1. The Morgan fingerprint density at radius 1 is 1.24 bits per heavy atom. The molecular weight excluding hydrogens is 265 g/mol. The third-order valence-corrected chi connectivity index (χ3v) is 4.46. The number of nitrogens with zero attached hydrogens (tertiary/aromatic N) is 1. The molecule has 0 radical (unpaired) electrons. The highest BCUT2D eigenvalue weighted by atomic mass is 16.7. The van der Waals surface area contributed by atoms with E-state index in [1.165, 1.54) is 0 Å². The number of pyridine rings is 1. The highest BCUT2D eigenvalue weighted by Gasteiger charge is 2.51. The molecule has 0 amide bonds. The van der Waals surface area contributed by atoms with Gasteiger partial charge in [-0.25, -0.2) is 4.98 Å². The van der Waals surface area contributed by atoms with Crippen molar-refractivity contribution in [1.29, 1.82) is 0 Å². The molecule has 0 bridgehead atoms. The number of hydrogen-bond donors (Lipinski definition) is 0. The minimum Gasteiger partial charge on any atom is -0.474 e. The van der Waals surface area contributed by atoms with E-state index >= 15 is 0 Å². The van der Waals surface area contributed by atoms with Crippen LogP contribution in [0.15, 0.2) is 12.3 Å². The van der Waals surface area contributed by atoms with Crippen molar-refractivity contribution < 1.29 is 14.0 Å². The van der Waals surface area contributed by atoms with Crippen LogP contribution < -0.4 is 10.2 Å². The first-order valence-corrected chi connectivity index (χ1v) is 7.65. The first kappa shape index (κ1) is 16.3. The van der Waals surface area contributed by atoms with E-state index in [4.69, 9.17) is 14.0 Å². The molecule has 1 aliphatic heterocycles. The zero-order valence-electron chi connectivity index (χ0n) is 14.2. The topological polar surface area (TPSA) is 40.6 Å². The van der Waals surface area contributed by atoms with Gasteiger partial charge in [0.1, 0.15) is 0 Å². The molecular formula is C16H26BNO3. The molecule has 1 atom stereocenters. The van der Waals surface area contributed by atoms with E-state index in [0.29, 0.717) is 5.88 Å². The monoisotopic (exact) mass is 291 g/mol. The van der Waals surface area contributed by atoms with Gasteiger partial charge in [-0.2, -0.15) is 0 Å². The number of rotatable bonds is 4. The van der Waals surface area contributed by atoms with Gasteiger partial charge in [0.2, 0.25) is 5.88 Å². The van der Waals surface area contributed by atoms with Crippen LogP contribution in [0, 0.1) is 6.92 Å². The fourth-order valence-electron chi connectivity index (χ4n) is 2.09. The Morgan fingerprint density at radius 2 is 1.81 bits per heavy atom. The molecule has 0 spiro atoms. The Bertz CT molecular complexity index is 500. The summed E-state index contributed by atoms with van der Waals surface area (Å²) in [5, 5.41) is 0. The van der Waals surface area contributed by atoms with Gasteiger partial charge in [-0.3, -0.25) is 0 Å². The molecule has 1 unspecified atom stereocenters. The lowest BCUT2D eigenvalue weighted by Gasteiger charge is -2.32. The van der Waals surface area contributed by atoms with Crippen molar-refractivity contribution in [2.45, 2.75) is 72.2 Å². The second-order valence-electron chi connectivity index (χ2n) is 6.82. The molecule has 1 aliphatic rings. The average molecular weight is 291 g/mol. The SMILES string of the molecule is CCC(C)Oc1ncc(B2OC(C)(C)C(C)(C)O2)cc1C. The zero-order chi connectivity index (χ0) is 15.8. The Kier molecular flexibility index (Phi) is 4.36. The summed E-state index contributed by atoms with van der Waals surface area (Å²) in [5.41, 5.74) is 1.26.